The minimum Gasteiger partial charge on any atom is -0.246 e. The smallest absolute Gasteiger partial charge is 0.0800 e. The van der Waals surface area contributed by atoms with Crippen LogP contribution in [0.3, 0.4) is 0 Å². The molecule has 8 aromatic carbocycles. The Kier molecular flexibility index (Phi) is 7.01. The fourth-order valence-electron chi connectivity index (χ4n) is 7.24. The Morgan fingerprint density at radius 2 is 0.833 bits per heavy atom. The van der Waals surface area contributed by atoms with Gasteiger partial charge < -0.3 is 0 Å². The van der Waals surface area contributed by atoms with Crippen LogP contribution < -0.4 is 15.9 Å². The van der Waals surface area contributed by atoms with Crippen LogP contribution in [0.5, 0.6) is 0 Å². The third-order valence-corrected chi connectivity index (χ3v) is 14.5. The number of nitrogens with zero attached hydrogens (tertiary/aromatic N) is 1. The molecule has 0 N–H and O–H groups in total. The van der Waals surface area contributed by atoms with E-state index in [1.54, 1.807) is 0 Å². The number of hydrogen-bond acceptors (Lipinski definition) is 2. The van der Waals surface area contributed by atoms with Gasteiger partial charge in [-0.1, -0.05) is 182 Å². The molecular formula is C45H30NPS. The predicted molar refractivity (Wildman–Crippen MR) is 211 cm³/mol. The minimum atomic E-state index is -2.29. The summed E-state index contributed by atoms with van der Waals surface area (Å²) in [5, 5.41) is 12.0. The van der Waals surface area contributed by atoms with Crippen molar-refractivity contribution in [3.8, 4) is 22.4 Å². The summed E-state index contributed by atoms with van der Waals surface area (Å²) >= 11 is 6.71. The Bertz CT molecular complexity index is 2640. The highest BCUT2D eigenvalue weighted by molar-refractivity contribution is 8.25. The largest absolute Gasteiger partial charge is 0.246 e. The summed E-state index contributed by atoms with van der Waals surface area (Å²) < 4.78 is 0. The highest BCUT2D eigenvalue weighted by Gasteiger charge is 2.25. The van der Waals surface area contributed by atoms with E-state index in [9.17, 15) is 0 Å². The molecule has 0 saturated carbocycles. The van der Waals surface area contributed by atoms with Gasteiger partial charge in [-0.3, -0.25) is 0 Å². The Morgan fingerprint density at radius 3 is 1.50 bits per heavy atom. The van der Waals surface area contributed by atoms with E-state index in [-0.39, 0.29) is 0 Å². The lowest BCUT2D eigenvalue weighted by molar-refractivity contribution is 1.44. The predicted octanol–water partition coefficient (Wildman–Crippen LogP) is 10.8. The molecule has 0 fully saturated rings. The summed E-state index contributed by atoms with van der Waals surface area (Å²) in [6, 6.07) is 62.8. The SMILES string of the molecule is S=P(c1ccccc1)(c1ccccc1)c1cccc(-c2ccc3c(c2)c(-c2ccccc2)nc2c4ccccc4c4ccccc4c32)c1. The van der Waals surface area contributed by atoms with Crippen molar-refractivity contribution in [2.24, 2.45) is 0 Å². The first-order chi connectivity index (χ1) is 23.7. The summed E-state index contributed by atoms with van der Waals surface area (Å²) in [5.74, 6) is 0. The van der Waals surface area contributed by atoms with Crippen molar-refractivity contribution in [3.05, 3.63) is 182 Å². The van der Waals surface area contributed by atoms with E-state index in [0.29, 0.717) is 0 Å². The quantitative estimate of drug-likeness (QED) is 0.136. The van der Waals surface area contributed by atoms with Crippen molar-refractivity contribution in [2.45, 2.75) is 0 Å². The van der Waals surface area contributed by atoms with E-state index in [2.05, 4.69) is 182 Å². The lowest BCUT2D eigenvalue weighted by Gasteiger charge is -2.24. The van der Waals surface area contributed by atoms with Gasteiger partial charge in [0.05, 0.1) is 11.2 Å². The van der Waals surface area contributed by atoms with Crippen LogP contribution in [0.15, 0.2) is 182 Å². The summed E-state index contributed by atoms with van der Waals surface area (Å²) in [6.45, 7) is 0. The fourth-order valence-corrected chi connectivity index (χ4v) is 11.0. The molecule has 48 heavy (non-hydrogen) atoms. The zero-order valence-corrected chi connectivity index (χ0v) is 27.8. The van der Waals surface area contributed by atoms with Gasteiger partial charge in [-0.2, -0.15) is 0 Å². The average Bonchev–Trinajstić information content (AvgIpc) is 3.18. The summed E-state index contributed by atoms with van der Waals surface area (Å²) in [6.07, 6.45) is 0. The molecule has 1 nitrogen and oxygen atoms in total. The molecule has 0 spiro atoms. The second-order valence-electron chi connectivity index (χ2n) is 12.2. The molecule has 9 rings (SSSR count). The van der Waals surface area contributed by atoms with Gasteiger partial charge in [0, 0.05) is 27.8 Å². The molecule has 0 aliphatic rings. The first kappa shape index (κ1) is 28.8. The molecular weight excluding hydrogens is 618 g/mol. The van der Waals surface area contributed by atoms with Crippen molar-refractivity contribution < 1.29 is 0 Å². The van der Waals surface area contributed by atoms with Crippen LogP contribution >= 0.6 is 6.04 Å². The number of hydrogen-bond donors (Lipinski definition) is 0. The first-order valence-electron chi connectivity index (χ1n) is 16.2. The van der Waals surface area contributed by atoms with Crippen LogP contribution in [0, 0.1) is 0 Å². The Hall–Kier alpha value is -5.40. The molecule has 0 radical (unpaired) electrons. The van der Waals surface area contributed by atoms with Crippen LogP contribution in [0.4, 0.5) is 0 Å². The molecule has 0 amide bonds. The van der Waals surface area contributed by atoms with Crippen LogP contribution in [0.2, 0.25) is 0 Å². The molecule has 1 aromatic heterocycles. The molecule has 9 aromatic rings. The minimum absolute atomic E-state index is 0.996. The van der Waals surface area contributed by atoms with Gasteiger partial charge in [0.25, 0.3) is 0 Å². The van der Waals surface area contributed by atoms with Crippen molar-refractivity contribution in [1.29, 1.82) is 0 Å². The second kappa shape index (κ2) is 11.7. The number of fused-ring (bicyclic) bond motifs is 8. The van der Waals surface area contributed by atoms with Crippen molar-refractivity contribution >= 4 is 77.0 Å². The topological polar surface area (TPSA) is 12.9 Å². The molecule has 0 atom stereocenters. The van der Waals surface area contributed by atoms with E-state index in [4.69, 9.17) is 16.8 Å². The van der Waals surface area contributed by atoms with E-state index in [1.807, 2.05) is 0 Å². The number of rotatable bonds is 5. The molecule has 0 unspecified atom stereocenters. The van der Waals surface area contributed by atoms with E-state index in [0.717, 1.165) is 33.3 Å². The highest BCUT2D eigenvalue weighted by atomic mass is 32.4. The lowest BCUT2D eigenvalue weighted by Crippen LogP contribution is -2.24. The molecule has 226 valence electrons. The van der Waals surface area contributed by atoms with E-state index < -0.39 is 6.04 Å². The fraction of sp³-hybridized carbons (Fsp3) is 0. The Balaban J connectivity index is 1.32. The molecule has 0 saturated heterocycles. The van der Waals surface area contributed by atoms with Gasteiger partial charge in [0.2, 0.25) is 0 Å². The lowest BCUT2D eigenvalue weighted by atomic mass is 9.91. The summed E-state index contributed by atoms with van der Waals surface area (Å²) in [5.41, 5.74) is 5.44. The van der Waals surface area contributed by atoms with Crippen molar-refractivity contribution in [1.82, 2.24) is 4.98 Å². The number of aromatic nitrogens is 1. The average molecular weight is 648 g/mol. The second-order valence-corrected chi connectivity index (χ2v) is 16.6. The molecule has 0 aliphatic carbocycles. The van der Waals surface area contributed by atoms with E-state index >= 15 is 0 Å². The first-order valence-corrected chi connectivity index (χ1v) is 19.0. The third-order valence-electron chi connectivity index (χ3n) is 9.50. The van der Waals surface area contributed by atoms with Crippen LogP contribution in [0.1, 0.15) is 0 Å². The maximum Gasteiger partial charge on any atom is 0.0800 e. The van der Waals surface area contributed by atoms with Crippen LogP contribution in [-0.2, 0) is 11.8 Å². The number of benzene rings is 8. The van der Waals surface area contributed by atoms with E-state index in [1.165, 1.54) is 48.2 Å². The van der Waals surface area contributed by atoms with Gasteiger partial charge >= 0.3 is 0 Å². The molecule has 3 heteroatoms. The van der Waals surface area contributed by atoms with Gasteiger partial charge in [-0.25, -0.2) is 4.98 Å². The zero-order valence-electron chi connectivity index (χ0n) is 26.1. The van der Waals surface area contributed by atoms with Gasteiger partial charge in [-0.15, -0.1) is 0 Å². The normalized spacial score (nSPS) is 11.8. The zero-order chi connectivity index (χ0) is 32.1. The Morgan fingerprint density at radius 1 is 0.354 bits per heavy atom. The van der Waals surface area contributed by atoms with Crippen molar-refractivity contribution in [3.63, 3.8) is 0 Å². The molecule has 1 heterocycles. The van der Waals surface area contributed by atoms with Crippen LogP contribution in [0.25, 0.3) is 65.6 Å². The molecule has 0 bridgehead atoms. The standard InChI is InChI=1S/C45H30NPS/c48-47(34-18-6-2-7-19-34,35-20-8-3-9-21-35)36-22-14-17-32(29-36)33-27-28-40-42(30-33)44(31-15-4-1-5-16-31)46-45-41-26-13-11-24-38(41)37-23-10-12-25-39(37)43(40)45/h1-30H. The summed E-state index contributed by atoms with van der Waals surface area (Å²) in [4.78, 5) is 5.51. The monoisotopic (exact) mass is 647 g/mol. The van der Waals surface area contributed by atoms with Gasteiger partial charge in [-0.05, 0) is 60.7 Å². The van der Waals surface area contributed by atoms with Crippen molar-refractivity contribution in [2.75, 3.05) is 0 Å². The maximum atomic E-state index is 6.71. The summed E-state index contributed by atoms with van der Waals surface area (Å²) in [7, 11) is 0. The van der Waals surface area contributed by atoms with Gasteiger partial charge in [0.15, 0.2) is 0 Å². The highest BCUT2D eigenvalue weighted by Crippen LogP contribution is 2.45. The van der Waals surface area contributed by atoms with Crippen LogP contribution in [-0.4, -0.2) is 4.98 Å². The van der Waals surface area contributed by atoms with Gasteiger partial charge in [0.1, 0.15) is 0 Å². The number of pyridine rings is 1. The maximum absolute atomic E-state index is 6.71. The Labute approximate surface area is 285 Å². The third kappa shape index (κ3) is 4.60. The molecule has 0 aliphatic heterocycles.